The largest absolute Gasteiger partial charge is 0.492 e. The van der Waals surface area contributed by atoms with Crippen molar-refractivity contribution in [1.29, 1.82) is 0 Å². The van der Waals surface area contributed by atoms with Gasteiger partial charge in [0.05, 0.1) is 11.9 Å². The van der Waals surface area contributed by atoms with Gasteiger partial charge in [0, 0.05) is 37.0 Å². The second-order valence-corrected chi connectivity index (χ2v) is 8.98. The van der Waals surface area contributed by atoms with Crippen LogP contribution in [0.4, 0.5) is 5.69 Å². The van der Waals surface area contributed by atoms with E-state index in [0.717, 1.165) is 37.8 Å². The molecule has 0 saturated carbocycles. The van der Waals surface area contributed by atoms with Crippen LogP contribution in [0.5, 0.6) is 5.75 Å². The van der Waals surface area contributed by atoms with Crippen molar-refractivity contribution in [2.45, 2.75) is 25.6 Å². The minimum absolute atomic E-state index is 0.284. The summed E-state index contributed by atoms with van der Waals surface area (Å²) >= 11 is 0. The van der Waals surface area contributed by atoms with E-state index in [-0.39, 0.29) is 6.04 Å². The van der Waals surface area contributed by atoms with Gasteiger partial charge in [-0.15, -0.1) is 0 Å². The first kappa shape index (κ1) is 20.9. The summed E-state index contributed by atoms with van der Waals surface area (Å²) < 4.78 is 6.37. The average molecular weight is 449 g/mol. The van der Waals surface area contributed by atoms with Gasteiger partial charge < -0.3 is 4.74 Å². The second kappa shape index (κ2) is 9.29. The van der Waals surface area contributed by atoms with Gasteiger partial charge in [-0.25, -0.2) is 0 Å². The molecule has 169 valence electrons. The van der Waals surface area contributed by atoms with E-state index in [1.54, 1.807) is 0 Å². The third-order valence-electron chi connectivity index (χ3n) is 6.72. The maximum atomic E-state index is 6.37. The zero-order chi connectivity index (χ0) is 22.7. The number of benzene rings is 3. The van der Waals surface area contributed by atoms with Crippen molar-refractivity contribution < 1.29 is 4.74 Å². The smallest absolute Gasteiger partial charge is 0.284 e. The van der Waals surface area contributed by atoms with Gasteiger partial charge in [0.25, 0.3) is 5.84 Å². The number of rotatable bonds is 6. The van der Waals surface area contributed by atoms with E-state index in [1.165, 1.54) is 22.4 Å². The van der Waals surface area contributed by atoms with E-state index in [0.29, 0.717) is 6.61 Å². The minimum atomic E-state index is 0.284. The zero-order valence-corrected chi connectivity index (χ0v) is 19.1. The van der Waals surface area contributed by atoms with Crippen LogP contribution < -0.4 is 14.5 Å². The number of nitrogens with zero attached hydrogens (tertiary/aromatic N) is 4. The number of amidine groups is 1. The summed E-state index contributed by atoms with van der Waals surface area (Å²) in [6, 6.07) is 28.2. The zero-order valence-electron chi connectivity index (χ0n) is 19.1. The molecular weight excluding hydrogens is 420 g/mol. The summed E-state index contributed by atoms with van der Waals surface area (Å²) in [6.07, 6.45) is 9.04. The normalized spacial score (nSPS) is 19.0. The fourth-order valence-electron chi connectivity index (χ4n) is 4.95. The minimum Gasteiger partial charge on any atom is -0.492 e. The molecule has 3 aliphatic heterocycles. The molecule has 5 nitrogen and oxygen atoms in total. The highest BCUT2D eigenvalue weighted by Gasteiger charge is 2.33. The highest BCUT2D eigenvalue weighted by Crippen LogP contribution is 2.36. The number of hydrogen-bond acceptors (Lipinski definition) is 5. The third-order valence-corrected chi connectivity index (χ3v) is 6.72. The van der Waals surface area contributed by atoms with Gasteiger partial charge in [-0.05, 0) is 29.7 Å². The van der Waals surface area contributed by atoms with Gasteiger partial charge in [0.1, 0.15) is 12.4 Å². The predicted octanol–water partition coefficient (Wildman–Crippen LogP) is 5.01. The van der Waals surface area contributed by atoms with Crippen molar-refractivity contribution in [2.24, 2.45) is 4.99 Å². The van der Waals surface area contributed by atoms with Gasteiger partial charge in [-0.3, -0.25) is 9.80 Å². The Kier molecular flexibility index (Phi) is 5.71. The van der Waals surface area contributed by atoms with Crippen LogP contribution in [0.1, 0.15) is 16.7 Å². The summed E-state index contributed by atoms with van der Waals surface area (Å²) in [6.45, 7) is 3.23. The summed E-state index contributed by atoms with van der Waals surface area (Å²) in [5.41, 5.74) is 5.13. The maximum Gasteiger partial charge on any atom is 0.284 e. The Morgan fingerprint density at radius 1 is 0.912 bits per heavy atom. The SMILES string of the molecule is C1=C[N+]2CN(c3cccc4c3C[C@H](N(Cc3ccccc3)Cc3ccccc3)CO4)C=CC2=N1. The summed E-state index contributed by atoms with van der Waals surface area (Å²) in [7, 11) is 0. The third kappa shape index (κ3) is 4.28. The van der Waals surface area contributed by atoms with Crippen molar-refractivity contribution in [3.63, 3.8) is 0 Å². The molecule has 0 aliphatic carbocycles. The van der Waals surface area contributed by atoms with Crippen molar-refractivity contribution in [2.75, 3.05) is 18.2 Å². The molecule has 0 N–H and O–H groups in total. The van der Waals surface area contributed by atoms with Gasteiger partial charge >= 0.3 is 0 Å². The molecule has 1 atom stereocenters. The molecule has 0 fully saturated rings. The fourth-order valence-corrected chi connectivity index (χ4v) is 4.95. The lowest BCUT2D eigenvalue weighted by atomic mass is 9.97. The Morgan fingerprint density at radius 3 is 2.38 bits per heavy atom. The first-order chi connectivity index (χ1) is 16.8. The van der Waals surface area contributed by atoms with Gasteiger partial charge in [0.15, 0.2) is 6.20 Å². The Labute approximate surface area is 200 Å². The van der Waals surface area contributed by atoms with Crippen LogP contribution in [0.3, 0.4) is 0 Å². The van der Waals surface area contributed by atoms with E-state index in [1.807, 2.05) is 12.4 Å². The van der Waals surface area contributed by atoms with Crippen LogP contribution in [0.2, 0.25) is 0 Å². The molecule has 6 rings (SSSR count). The van der Waals surface area contributed by atoms with Crippen LogP contribution in [0, 0.1) is 0 Å². The van der Waals surface area contributed by atoms with Crippen molar-refractivity contribution in [3.05, 3.63) is 120 Å². The highest BCUT2D eigenvalue weighted by molar-refractivity contribution is 5.99. The molecule has 3 aliphatic rings. The van der Waals surface area contributed by atoms with Crippen LogP contribution in [0.25, 0.3) is 0 Å². The monoisotopic (exact) mass is 448 g/mol. The molecule has 1 radical (unpaired) electrons. The summed E-state index contributed by atoms with van der Waals surface area (Å²) in [5, 5.41) is 0. The summed E-state index contributed by atoms with van der Waals surface area (Å²) in [4.78, 5) is 11.4. The molecule has 0 unspecified atom stereocenters. The van der Waals surface area contributed by atoms with Crippen LogP contribution >= 0.6 is 0 Å². The molecular formula is C29H28N4O+. The van der Waals surface area contributed by atoms with E-state index in [4.69, 9.17) is 4.74 Å². The lowest BCUT2D eigenvalue weighted by Crippen LogP contribution is -2.44. The van der Waals surface area contributed by atoms with E-state index in [2.05, 4.69) is 111 Å². The predicted molar refractivity (Wildman–Crippen MR) is 137 cm³/mol. The molecule has 0 aromatic heterocycles. The number of anilines is 1. The number of aliphatic imine (C=N–C) groups is 1. The molecule has 3 aromatic carbocycles. The van der Waals surface area contributed by atoms with Crippen molar-refractivity contribution >= 4 is 11.5 Å². The Morgan fingerprint density at radius 2 is 1.65 bits per heavy atom. The van der Waals surface area contributed by atoms with Crippen molar-refractivity contribution in [1.82, 2.24) is 9.80 Å². The van der Waals surface area contributed by atoms with Crippen LogP contribution in [-0.4, -0.2) is 30.1 Å². The Balaban J connectivity index is 1.29. The molecule has 3 heterocycles. The van der Waals surface area contributed by atoms with Gasteiger partial charge in [-0.1, -0.05) is 71.6 Å². The van der Waals surface area contributed by atoms with Crippen molar-refractivity contribution in [3.8, 4) is 5.75 Å². The first-order valence-corrected chi connectivity index (χ1v) is 11.9. The molecule has 5 heteroatoms. The lowest BCUT2D eigenvalue weighted by Gasteiger charge is -2.37. The molecule has 0 saturated heterocycles. The Bertz CT molecular complexity index is 1190. The molecule has 0 spiro atoms. The lowest BCUT2D eigenvalue weighted by molar-refractivity contribution is 0.106. The molecule has 34 heavy (non-hydrogen) atoms. The second-order valence-electron chi connectivity index (χ2n) is 8.98. The maximum absolute atomic E-state index is 6.37. The molecule has 0 amide bonds. The van der Waals surface area contributed by atoms with Crippen LogP contribution in [0.15, 0.2) is 109 Å². The number of hydrogen-bond donors (Lipinski definition) is 0. The molecule has 0 bridgehead atoms. The number of fused-ring (bicyclic) bond motifs is 2. The highest BCUT2D eigenvalue weighted by atomic mass is 16.5. The summed E-state index contributed by atoms with van der Waals surface area (Å²) in [5.74, 6) is 1.99. The Hall–Kier alpha value is -3.67. The van der Waals surface area contributed by atoms with E-state index >= 15 is 0 Å². The fraction of sp³-hybridized carbons (Fsp3) is 0.207. The number of ether oxygens (including phenoxy) is 1. The van der Waals surface area contributed by atoms with Crippen LogP contribution in [-0.2, 0) is 19.5 Å². The van der Waals surface area contributed by atoms with E-state index < -0.39 is 0 Å². The quantitative estimate of drug-likeness (QED) is 0.497. The molecule has 3 aromatic rings. The first-order valence-electron chi connectivity index (χ1n) is 11.9. The van der Waals surface area contributed by atoms with Gasteiger partial charge in [0.2, 0.25) is 6.67 Å². The average Bonchev–Trinajstić information content (AvgIpc) is 3.37. The van der Waals surface area contributed by atoms with Gasteiger partial charge in [-0.2, -0.15) is 4.99 Å². The topological polar surface area (TPSA) is 34.0 Å². The standard InChI is InChI=1S/C29H28N4O/c1-3-8-23(9-4-1)19-33(20-24-10-5-2-6-11-24)25-18-26-27(12-7-13-28(26)34-21-25)31-16-14-29-30-15-17-32(29)22-31/h1-17,25H,18-22H2/q+1/t25-/m0/s1. The van der Waals surface area contributed by atoms with E-state index in [9.17, 15) is 0 Å².